The first kappa shape index (κ1) is 76.5. The maximum atomic E-state index is 13.6. The molecular formula is C69H71BrF6N10O9. The van der Waals surface area contributed by atoms with Gasteiger partial charge in [-0.15, -0.1) is 0 Å². The van der Waals surface area contributed by atoms with Crippen LogP contribution in [-0.4, -0.2) is 84.6 Å². The third-order valence-electron chi connectivity index (χ3n) is 12.5. The number of anilines is 4. The number of benzene rings is 5. The lowest BCUT2D eigenvalue weighted by atomic mass is 10.2. The molecule has 19 nitrogen and oxygen atoms in total. The smallest absolute Gasteiger partial charge is 0.342 e. The Labute approximate surface area is 554 Å². The Morgan fingerprint density at radius 3 is 0.958 bits per heavy atom. The SMILES string of the molecule is C.COC(=O)c1ccc(NCc2ccc(OC)cc2)nc1F.COc1ccc(CN)cc1.COc1ccc(CNc2ccc(Br)c(F)n2)cc1.COc1ccc(CNc2ccc(C(=O)O)c(F)n2)cc1.COc1ccc(CNc2cccc(F)n2)cc1.Fc1cccc(F)n1. The zero-order valence-corrected chi connectivity index (χ0v) is 53.3. The molecule has 0 radical (unpaired) electrons. The van der Waals surface area contributed by atoms with Crippen molar-refractivity contribution in [3.05, 3.63) is 273 Å². The molecule has 95 heavy (non-hydrogen) atoms. The van der Waals surface area contributed by atoms with Crippen molar-refractivity contribution in [3.8, 4) is 28.7 Å². The number of nitrogens with one attached hydrogen (secondary N) is 4. The van der Waals surface area contributed by atoms with E-state index >= 15 is 0 Å². The van der Waals surface area contributed by atoms with E-state index in [4.69, 9.17) is 34.5 Å². The van der Waals surface area contributed by atoms with Crippen molar-refractivity contribution in [2.24, 2.45) is 5.73 Å². The summed E-state index contributed by atoms with van der Waals surface area (Å²) >= 11 is 3.06. The summed E-state index contributed by atoms with van der Waals surface area (Å²) in [5, 5.41) is 20.7. The van der Waals surface area contributed by atoms with E-state index in [0.717, 1.165) is 68.7 Å². The molecule has 0 aliphatic rings. The van der Waals surface area contributed by atoms with Crippen LogP contribution in [0.3, 0.4) is 0 Å². The topological polar surface area (TPSA) is 248 Å². The second kappa shape index (κ2) is 41.5. The van der Waals surface area contributed by atoms with Crippen LogP contribution >= 0.6 is 15.9 Å². The minimum atomic E-state index is -1.34. The van der Waals surface area contributed by atoms with E-state index in [1.165, 1.54) is 43.5 Å². The first-order valence-corrected chi connectivity index (χ1v) is 28.8. The van der Waals surface area contributed by atoms with Crippen molar-refractivity contribution >= 4 is 51.1 Å². The molecule has 0 bridgehead atoms. The molecule has 0 atom stereocenters. The van der Waals surface area contributed by atoms with Crippen molar-refractivity contribution in [1.82, 2.24) is 24.9 Å². The first-order valence-electron chi connectivity index (χ1n) is 28.0. The summed E-state index contributed by atoms with van der Waals surface area (Å²) in [5.41, 5.74) is 10.0. The van der Waals surface area contributed by atoms with Crippen molar-refractivity contribution in [1.29, 1.82) is 0 Å². The van der Waals surface area contributed by atoms with Gasteiger partial charge in [0.25, 0.3) is 0 Å². The molecule has 0 amide bonds. The zero-order chi connectivity index (χ0) is 68.2. The summed E-state index contributed by atoms with van der Waals surface area (Å²) in [6, 6.07) is 54.8. The molecule has 26 heteroatoms. The van der Waals surface area contributed by atoms with Gasteiger partial charge in [0.05, 0.1) is 47.1 Å². The van der Waals surface area contributed by atoms with Gasteiger partial charge in [-0.1, -0.05) is 80.2 Å². The molecule has 0 saturated heterocycles. The number of ether oxygens (including phenoxy) is 6. The highest BCUT2D eigenvalue weighted by Crippen LogP contribution is 2.20. The van der Waals surface area contributed by atoms with Gasteiger partial charge in [-0.3, -0.25) is 0 Å². The number of nitrogens with two attached hydrogens (primary N) is 1. The molecule has 0 fully saturated rings. The Morgan fingerprint density at radius 2 is 0.684 bits per heavy atom. The van der Waals surface area contributed by atoms with E-state index in [0.29, 0.717) is 54.7 Å². The number of nitrogens with zero attached hydrogens (tertiary/aromatic N) is 5. The number of aromatic nitrogens is 5. The van der Waals surface area contributed by atoms with Gasteiger partial charge in [0.2, 0.25) is 35.7 Å². The van der Waals surface area contributed by atoms with E-state index in [-0.39, 0.29) is 18.8 Å². The highest BCUT2D eigenvalue weighted by atomic mass is 79.9. The van der Waals surface area contributed by atoms with E-state index in [2.05, 4.69) is 66.9 Å². The quantitative estimate of drug-likeness (QED) is 0.0236. The third kappa shape index (κ3) is 27.8. The fourth-order valence-corrected chi connectivity index (χ4v) is 7.62. The Kier molecular flexibility index (Phi) is 33.4. The zero-order valence-electron chi connectivity index (χ0n) is 51.7. The number of halogens is 7. The third-order valence-corrected chi connectivity index (χ3v) is 13.0. The Bertz CT molecular complexity index is 3870. The lowest BCUT2D eigenvalue weighted by molar-refractivity contribution is 0.0593. The Hall–Kier alpha value is -11.0. The van der Waals surface area contributed by atoms with Gasteiger partial charge in [-0.05, 0) is 165 Å². The van der Waals surface area contributed by atoms with Gasteiger partial charge in [-0.25, -0.2) is 29.5 Å². The number of hydrogen-bond acceptors (Lipinski definition) is 18. The van der Waals surface area contributed by atoms with Crippen molar-refractivity contribution in [3.63, 3.8) is 0 Å². The largest absolute Gasteiger partial charge is 0.497 e. The number of carbonyl (C=O) groups is 2. The van der Waals surface area contributed by atoms with Crippen LogP contribution in [0.15, 0.2) is 199 Å². The van der Waals surface area contributed by atoms with Gasteiger partial charge >= 0.3 is 11.9 Å². The molecule has 0 aliphatic carbocycles. The minimum Gasteiger partial charge on any atom is -0.497 e. The molecule has 7 N–H and O–H groups in total. The first-order chi connectivity index (χ1) is 45.3. The van der Waals surface area contributed by atoms with Crippen molar-refractivity contribution in [2.45, 2.75) is 40.2 Å². The molecule has 5 aromatic carbocycles. The van der Waals surface area contributed by atoms with Gasteiger partial charge in [0.1, 0.15) is 63.1 Å². The number of rotatable bonds is 20. The normalized spacial score (nSPS) is 9.83. The lowest BCUT2D eigenvalue weighted by Gasteiger charge is -2.08. The molecule has 10 rings (SSSR count). The van der Waals surface area contributed by atoms with Crippen molar-refractivity contribution in [2.75, 3.05) is 63.9 Å². The minimum absolute atomic E-state index is 0. The van der Waals surface area contributed by atoms with Gasteiger partial charge in [0.15, 0.2) is 0 Å². The van der Waals surface area contributed by atoms with Gasteiger partial charge < -0.3 is 60.5 Å². The summed E-state index contributed by atoms with van der Waals surface area (Å²) in [6.45, 7) is 2.69. The van der Waals surface area contributed by atoms with Crippen LogP contribution in [0.2, 0.25) is 0 Å². The summed E-state index contributed by atoms with van der Waals surface area (Å²) in [7, 11) is 9.29. The predicted octanol–water partition coefficient (Wildman–Crippen LogP) is 14.8. The summed E-state index contributed by atoms with van der Waals surface area (Å²) < 4.78 is 107. The number of esters is 1. The summed E-state index contributed by atoms with van der Waals surface area (Å²) in [4.78, 5) is 39.5. The van der Waals surface area contributed by atoms with E-state index in [9.17, 15) is 35.9 Å². The molecule has 0 unspecified atom stereocenters. The fourth-order valence-electron chi connectivity index (χ4n) is 7.40. The number of aromatic carboxylic acids is 1. The summed E-state index contributed by atoms with van der Waals surface area (Å²) in [6.07, 6.45) is 0. The standard InChI is InChI=1S/C15H15FN2O3.C14H13FN2O3.C13H12BrFN2O.C13H13FN2O.C8H11NO.C5H3F2N.CH4/c1-20-11-5-3-10(4-6-11)9-17-13-8-7-12(14(16)18-13)15(19)21-2;1-20-10-4-2-9(3-5-10)8-16-12-7-6-11(14(18)19)13(15)17-12;1-18-10-4-2-9(3-5-10)8-16-12-7-6-11(14)13(15)17-12;1-17-11-7-5-10(6-8-11)9-15-13-4-2-3-12(14)16-13;1-10-8-4-2-7(6-9)3-5-8;6-4-2-1-3-5(7)8-4;/h3-8H,9H2,1-2H3,(H,17,18);2-7H,8H2,1H3,(H,16,17)(H,18,19);2-7H,8H2,1H3,(H,16,17);2-8H,9H2,1H3,(H,15,16);2-5H,6,9H2,1H3;1-3H;1H4. The Morgan fingerprint density at radius 1 is 0.389 bits per heavy atom. The molecule has 500 valence electrons. The van der Waals surface area contributed by atoms with Crippen LogP contribution in [0, 0.1) is 35.7 Å². The molecule has 0 spiro atoms. The molecule has 0 aliphatic heterocycles. The molecule has 5 aromatic heterocycles. The van der Waals surface area contributed by atoms with Crippen LogP contribution in [0.25, 0.3) is 0 Å². The number of methoxy groups -OCH3 is 6. The number of pyridine rings is 5. The van der Waals surface area contributed by atoms with Crippen LogP contribution in [0.5, 0.6) is 28.7 Å². The average Bonchev–Trinajstić information content (AvgIpc) is 1.00. The number of carboxylic acids is 1. The number of hydrogen-bond donors (Lipinski definition) is 6. The van der Waals surface area contributed by atoms with Crippen LogP contribution in [0.1, 0.15) is 56.0 Å². The highest BCUT2D eigenvalue weighted by molar-refractivity contribution is 9.10. The summed E-state index contributed by atoms with van der Waals surface area (Å²) in [5.74, 6) is -0.839. The highest BCUT2D eigenvalue weighted by Gasteiger charge is 2.15. The van der Waals surface area contributed by atoms with Crippen LogP contribution in [-0.2, 0) is 37.5 Å². The van der Waals surface area contributed by atoms with E-state index in [1.807, 2.05) is 121 Å². The van der Waals surface area contributed by atoms with Gasteiger partial charge in [0, 0.05) is 32.7 Å². The predicted molar refractivity (Wildman–Crippen MR) is 356 cm³/mol. The second-order valence-corrected chi connectivity index (χ2v) is 19.7. The van der Waals surface area contributed by atoms with Gasteiger partial charge in [-0.2, -0.15) is 31.3 Å². The molecule has 0 saturated carbocycles. The lowest BCUT2D eigenvalue weighted by Crippen LogP contribution is -2.08. The van der Waals surface area contributed by atoms with Crippen molar-refractivity contribution < 1.29 is 69.5 Å². The van der Waals surface area contributed by atoms with E-state index < -0.39 is 53.2 Å². The monoisotopic (exact) mass is 1380 g/mol. The average molecular weight is 1380 g/mol. The number of carboxylic acid groups (broad SMARTS) is 1. The fraction of sp³-hybridized carbons (Fsp3) is 0.174. The second-order valence-electron chi connectivity index (χ2n) is 18.8. The molecule has 10 aromatic rings. The maximum Gasteiger partial charge on any atom is 0.342 e. The molecule has 5 heterocycles. The van der Waals surface area contributed by atoms with Crippen LogP contribution in [0.4, 0.5) is 49.6 Å². The Balaban J connectivity index is 0.000000248. The number of carbonyl (C=O) groups excluding carboxylic acids is 1. The molecular weight excluding hydrogens is 1310 g/mol. The van der Waals surface area contributed by atoms with E-state index in [1.54, 1.807) is 59.8 Å². The van der Waals surface area contributed by atoms with Crippen LogP contribution < -0.4 is 50.7 Å². The maximum absolute atomic E-state index is 13.6.